The van der Waals surface area contributed by atoms with Gasteiger partial charge in [-0.2, -0.15) is 0 Å². The summed E-state index contributed by atoms with van der Waals surface area (Å²) in [5.74, 6) is 0.467. The van der Waals surface area contributed by atoms with Crippen LogP contribution in [0.25, 0.3) is 17.2 Å². The maximum Gasteiger partial charge on any atom is 0.249 e. The van der Waals surface area contributed by atoms with E-state index in [9.17, 15) is 9.59 Å². The van der Waals surface area contributed by atoms with Crippen molar-refractivity contribution < 1.29 is 9.59 Å². The van der Waals surface area contributed by atoms with Crippen LogP contribution < -0.4 is 5.32 Å². The van der Waals surface area contributed by atoms with Gasteiger partial charge in [-0.25, -0.2) is 4.98 Å². The van der Waals surface area contributed by atoms with Gasteiger partial charge in [0.1, 0.15) is 5.82 Å². The number of pyridine rings is 1. The molecule has 1 aliphatic rings. The van der Waals surface area contributed by atoms with Crippen LogP contribution in [-0.4, -0.2) is 47.2 Å². The zero-order valence-corrected chi connectivity index (χ0v) is 20.4. The Morgan fingerprint density at radius 2 is 1.82 bits per heavy atom. The molecule has 0 saturated heterocycles. The maximum atomic E-state index is 13.1. The van der Waals surface area contributed by atoms with E-state index in [2.05, 4.69) is 34.6 Å². The molecule has 3 aromatic rings. The van der Waals surface area contributed by atoms with Gasteiger partial charge in [-0.1, -0.05) is 54.6 Å². The minimum Gasteiger partial charge on any atom is -0.338 e. The van der Waals surface area contributed by atoms with Gasteiger partial charge in [0.05, 0.1) is 6.54 Å². The normalized spacial score (nSPS) is 13.9. The van der Waals surface area contributed by atoms with Gasteiger partial charge in [-0.15, -0.1) is 12.4 Å². The largest absolute Gasteiger partial charge is 0.338 e. The number of amides is 2. The summed E-state index contributed by atoms with van der Waals surface area (Å²) in [5, 5.41) is 2.83. The van der Waals surface area contributed by atoms with Gasteiger partial charge < -0.3 is 10.2 Å². The lowest BCUT2D eigenvalue weighted by Gasteiger charge is -2.20. The number of carbonyl (C=O) groups excluding carboxylic acids is 2. The molecule has 1 N–H and O–H groups in total. The van der Waals surface area contributed by atoms with Crippen LogP contribution in [0.1, 0.15) is 23.6 Å². The van der Waals surface area contributed by atoms with E-state index in [-0.39, 0.29) is 24.2 Å². The molecule has 0 radical (unpaired) electrons. The van der Waals surface area contributed by atoms with Crippen molar-refractivity contribution in [1.82, 2.24) is 14.8 Å². The molecule has 0 spiro atoms. The predicted molar refractivity (Wildman–Crippen MR) is 138 cm³/mol. The summed E-state index contributed by atoms with van der Waals surface area (Å²) in [5.41, 5.74) is 5.75. The summed E-state index contributed by atoms with van der Waals surface area (Å²) in [6.45, 7) is 3.27. The third-order valence-electron chi connectivity index (χ3n) is 5.68. The molecule has 1 aliphatic heterocycles. The van der Waals surface area contributed by atoms with Crippen molar-refractivity contribution in [2.24, 2.45) is 0 Å². The number of likely N-dealkylation sites (N-methyl/N-ethyl adjacent to an activating group) is 2. The van der Waals surface area contributed by atoms with Gasteiger partial charge in [0.25, 0.3) is 0 Å². The number of anilines is 1. The molecule has 6 nitrogen and oxygen atoms in total. The van der Waals surface area contributed by atoms with E-state index in [0.717, 1.165) is 27.8 Å². The van der Waals surface area contributed by atoms with E-state index in [0.29, 0.717) is 31.0 Å². The van der Waals surface area contributed by atoms with Crippen LogP contribution in [0.2, 0.25) is 0 Å². The third-order valence-corrected chi connectivity index (χ3v) is 5.68. The highest BCUT2D eigenvalue weighted by molar-refractivity contribution is 5.97. The third kappa shape index (κ3) is 5.90. The quantitative estimate of drug-likeness (QED) is 0.546. The second-order valence-electron chi connectivity index (χ2n) is 8.51. The Bertz CT molecular complexity index is 1210. The summed E-state index contributed by atoms with van der Waals surface area (Å²) in [6, 6.07) is 20.3. The van der Waals surface area contributed by atoms with Crippen LogP contribution in [0.3, 0.4) is 0 Å². The number of halogens is 1. The number of hydrogen-bond acceptors (Lipinski definition) is 4. The summed E-state index contributed by atoms with van der Waals surface area (Å²) in [7, 11) is 3.72. The zero-order chi connectivity index (χ0) is 23.4. The highest BCUT2D eigenvalue weighted by Gasteiger charge is 2.18. The lowest BCUT2D eigenvalue weighted by molar-refractivity contribution is -0.126. The first kappa shape index (κ1) is 25.1. The fourth-order valence-electron chi connectivity index (χ4n) is 4.10. The molecule has 176 valence electrons. The lowest BCUT2D eigenvalue weighted by Crippen LogP contribution is -2.27. The van der Waals surface area contributed by atoms with Crippen molar-refractivity contribution in [3.05, 3.63) is 89.1 Å². The predicted octanol–water partition coefficient (Wildman–Crippen LogP) is 4.62. The lowest BCUT2D eigenvalue weighted by atomic mass is 9.99. The van der Waals surface area contributed by atoms with Crippen LogP contribution in [0, 0.1) is 0 Å². The molecule has 2 heterocycles. The Kier molecular flexibility index (Phi) is 8.21. The summed E-state index contributed by atoms with van der Waals surface area (Å²) >= 11 is 0. The second kappa shape index (κ2) is 11.1. The maximum absolute atomic E-state index is 13.1. The fourth-order valence-corrected chi connectivity index (χ4v) is 4.10. The minimum absolute atomic E-state index is 0. The van der Waals surface area contributed by atoms with Crippen LogP contribution >= 0.6 is 12.4 Å². The number of carbonyl (C=O) groups is 2. The molecule has 0 aliphatic carbocycles. The van der Waals surface area contributed by atoms with Crippen molar-refractivity contribution in [2.45, 2.75) is 20.0 Å². The smallest absolute Gasteiger partial charge is 0.249 e. The molecule has 0 fully saturated rings. The minimum atomic E-state index is -0.0733. The van der Waals surface area contributed by atoms with E-state index >= 15 is 0 Å². The van der Waals surface area contributed by atoms with E-state index in [4.69, 9.17) is 0 Å². The molecule has 0 atom stereocenters. The molecular formula is C27H29ClN4O2. The van der Waals surface area contributed by atoms with Crippen molar-refractivity contribution in [1.29, 1.82) is 0 Å². The molecule has 0 bridgehead atoms. The monoisotopic (exact) mass is 476 g/mol. The van der Waals surface area contributed by atoms with Crippen molar-refractivity contribution in [2.75, 3.05) is 26.0 Å². The van der Waals surface area contributed by atoms with E-state index < -0.39 is 0 Å². The highest BCUT2D eigenvalue weighted by Crippen LogP contribution is 2.25. The topological polar surface area (TPSA) is 65.5 Å². The van der Waals surface area contributed by atoms with Crippen LogP contribution in [0.15, 0.2) is 72.4 Å². The first-order chi connectivity index (χ1) is 15.9. The fraction of sp³-hybridized carbons (Fsp3) is 0.222. The molecule has 34 heavy (non-hydrogen) atoms. The number of aromatic nitrogens is 1. The van der Waals surface area contributed by atoms with E-state index in [1.165, 1.54) is 0 Å². The van der Waals surface area contributed by atoms with E-state index in [1.807, 2.05) is 68.4 Å². The number of hydrogen-bond donors (Lipinski definition) is 1. The Morgan fingerprint density at radius 3 is 2.59 bits per heavy atom. The van der Waals surface area contributed by atoms with Gasteiger partial charge >= 0.3 is 0 Å². The number of rotatable bonds is 5. The first-order valence-electron chi connectivity index (χ1n) is 10.9. The summed E-state index contributed by atoms with van der Waals surface area (Å²) < 4.78 is 0. The Hall–Kier alpha value is -3.48. The number of fused-ring (bicyclic) bond motifs is 1. The molecule has 0 saturated carbocycles. The van der Waals surface area contributed by atoms with Gasteiger partial charge in [0.15, 0.2) is 0 Å². The molecular weight excluding hydrogens is 448 g/mol. The van der Waals surface area contributed by atoms with Crippen molar-refractivity contribution in [3.63, 3.8) is 0 Å². The second-order valence-corrected chi connectivity index (χ2v) is 8.51. The van der Waals surface area contributed by atoms with Gasteiger partial charge in [0, 0.05) is 37.5 Å². The summed E-state index contributed by atoms with van der Waals surface area (Å²) in [6.07, 6.45) is 3.54. The molecule has 7 heteroatoms. The Labute approximate surface area is 206 Å². The molecule has 1 aromatic heterocycles. The number of benzene rings is 2. The molecule has 0 unspecified atom stereocenters. The molecule has 2 aromatic carbocycles. The Balaban J connectivity index is 0.00000324. The first-order valence-corrected chi connectivity index (χ1v) is 10.9. The molecule has 2 amide bonds. The molecule has 4 rings (SSSR count). The highest BCUT2D eigenvalue weighted by atomic mass is 35.5. The summed E-state index contributed by atoms with van der Waals surface area (Å²) in [4.78, 5) is 33.1. The van der Waals surface area contributed by atoms with Crippen LogP contribution in [-0.2, 0) is 22.7 Å². The average Bonchev–Trinajstić information content (AvgIpc) is 2.95. The van der Waals surface area contributed by atoms with Crippen LogP contribution in [0.5, 0.6) is 0 Å². The average molecular weight is 477 g/mol. The van der Waals surface area contributed by atoms with Crippen LogP contribution in [0.4, 0.5) is 5.82 Å². The van der Waals surface area contributed by atoms with Crippen molar-refractivity contribution in [3.8, 4) is 11.1 Å². The van der Waals surface area contributed by atoms with E-state index in [1.54, 1.807) is 11.1 Å². The van der Waals surface area contributed by atoms with Crippen molar-refractivity contribution >= 4 is 36.1 Å². The number of nitrogens with one attached hydrogen (secondary N) is 1. The zero-order valence-electron chi connectivity index (χ0n) is 19.6. The standard InChI is InChI=1S/C27H28N4O2.ClH/c1-19(13-20-14-23-16-30(2)18-25(32)29-26(23)28-15-20)27(33)31(3)17-22-11-7-8-12-24(22)21-9-5-4-6-10-21;/h4-15H,16-18H2,1-3H3,(H,28,29,32);1H/b19-13+;. The van der Waals surface area contributed by atoms with Gasteiger partial charge in [0.2, 0.25) is 11.8 Å². The number of nitrogens with zero attached hydrogens (tertiary/aromatic N) is 3. The van der Waals surface area contributed by atoms with Gasteiger partial charge in [-0.3, -0.25) is 14.5 Å². The van der Waals surface area contributed by atoms with Gasteiger partial charge in [-0.05, 0) is 48.4 Å². The SMILES string of the molecule is C/C(=C\c1cnc2c(c1)CN(C)CC(=O)N2)C(=O)N(C)Cc1ccccc1-c1ccccc1.Cl. The Morgan fingerprint density at radius 1 is 1.12 bits per heavy atom.